The van der Waals surface area contributed by atoms with Crippen molar-refractivity contribution in [1.82, 2.24) is 10.4 Å². The molecule has 1 aliphatic heterocycles. The molecule has 8 nitrogen and oxygen atoms in total. The molecule has 0 aliphatic carbocycles. The number of carbonyl (C=O) groups is 2. The smallest absolute Gasteiger partial charge is 0.324 e. The molecule has 0 bridgehead atoms. The SMILES string of the molecule is CONC(=O)c1ccc(CN(C(=O)N2CCOCC2)c2cccc(OC)c2)cc1. The highest BCUT2D eigenvalue weighted by molar-refractivity contribution is 5.94. The summed E-state index contributed by atoms with van der Waals surface area (Å²) in [6.45, 7) is 2.52. The third-order valence-corrected chi connectivity index (χ3v) is 4.63. The van der Waals surface area contributed by atoms with Crippen LogP contribution in [0.2, 0.25) is 0 Å². The first-order valence-corrected chi connectivity index (χ1v) is 9.33. The van der Waals surface area contributed by atoms with Crippen LogP contribution >= 0.6 is 0 Å². The number of morpholine rings is 1. The highest BCUT2D eigenvalue weighted by Gasteiger charge is 2.24. The first-order valence-electron chi connectivity index (χ1n) is 9.33. The molecule has 0 spiro atoms. The van der Waals surface area contributed by atoms with Crippen LogP contribution in [-0.2, 0) is 16.1 Å². The number of benzene rings is 2. The maximum absolute atomic E-state index is 13.2. The molecule has 0 atom stereocenters. The van der Waals surface area contributed by atoms with E-state index < -0.39 is 0 Å². The van der Waals surface area contributed by atoms with Gasteiger partial charge in [-0.05, 0) is 29.8 Å². The second-order valence-electron chi connectivity index (χ2n) is 6.50. The van der Waals surface area contributed by atoms with E-state index in [1.54, 1.807) is 29.0 Å². The third kappa shape index (κ3) is 5.24. The number of urea groups is 1. The minimum absolute atomic E-state index is 0.0947. The van der Waals surface area contributed by atoms with Crippen molar-refractivity contribution in [1.29, 1.82) is 0 Å². The normalized spacial score (nSPS) is 13.7. The standard InChI is InChI=1S/C21H25N3O5/c1-27-19-5-3-4-18(14-19)24(21(26)23-10-12-29-13-11-23)15-16-6-8-17(9-7-16)20(25)22-28-2/h3-9,14H,10-13,15H2,1-2H3,(H,22,25). The van der Waals surface area contributed by atoms with Gasteiger partial charge in [0.1, 0.15) is 5.75 Å². The fourth-order valence-corrected chi connectivity index (χ4v) is 3.07. The fraction of sp³-hybridized carbons (Fsp3) is 0.333. The number of hydrogen-bond donors (Lipinski definition) is 1. The summed E-state index contributed by atoms with van der Waals surface area (Å²) < 4.78 is 10.7. The summed E-state index contributed by atoms with van der Waals surface area (Å²) in [5.74, 6) is 0.349. The van der Waals surface area contributed by atoms with E-state index in [0.717, 1.165) is 11.3 Å². The maximum Gasteiger partial charge on any atom is 0.324 e. The zero-order chi connectivity index (χ0) is 20.6. The van der Waals surface area contributed by atoms with Crippen LogP contribution in [-0.4, -0.2) is 57.4 Å². The molecule has 1 aliphatic rings. The van der Waals surface area contributed by atoms with E-state index in [2.05, 4.69) is 10.3 Å². The molecule has 29 heavy (non-hydrogen) atoms. The fourth-order valence-electron chi connectivity index (χ4n) is 3.07. The number of rotatable bonds is 6. The average Bonchev–Trinajstić information content (AvgIpc) is 2.78. The van der Waals surface area contributed by atoms with Crippen molar-refractivity contribution in [2.75, 3.05) is 45.4 Å². The zero-order valence-corrected chi connectivity index (χ0v) is 16.6. The monoisotopic (exact) mass is 399 g/mol. The van der Waals surface area contributed by atoms with Gasteiger partial charge in [-0.1, -0.05) is 18.2 Å². The second kappa shape index (κ2) is 9.90. The number of amides is 3. The summed E-state index contributed by atoms with van der Waals surface area (Å²) in [6.07, 6.45) is 0. The summed E-state index contributed by atoms with van der Waals surface area (Å²) in [5, 5.41) is 0. The molecule has 3 rings (SSSR count). The van der Waals surface area contributed by atoms with Gasteiger partial charge in [0.25, 0.3) is 5.91 Å². The molecule has 0 unspecified atom stereocenters. The lowest BCUT2D eigenvalue weighted by atomic mass is 10.1. The van der Waals surface area contributed by atoms with Crippen molar-refractivity contribution in [3.05, 3.63) is 59.7 Å². The molecular weight excluding hydrogens is 374 g/mol. The molecule has 1 N–H and O–H groups in total. The number of nitrogens with zero attached hydrogens (tertiary/aromatic N) is 2. The first-order chi connectivity index (χ1) is 14.1. The summed E-state index contributed by atoms with van der Waals surface area (Å²) in [6, 6.07) is 14.4. The van der Waals surface area contributed by atoms with Crippen LogP contribution in [0.4, 0.5) is 10.5 Å². The number of methoxy groups -OCH3 is 1. The van der Waals surface area contributed by atoms with Crippen LogP contribution < -0.4 is 15.1 Å². The summed E-state index contributed by atoms with van der Waals surface area (Å²) >= 11 is 0. The highest BCUT2D eigenvalue weighted by atomic mass is 16.6. The Morgan fingerprint density at radius 2 is 1.83 bits per heavy atom. The molecule has 1 fully saturated rings. The molecular formula is C21H25N3O5. The van der Waals surface area contributed by atoms with Crippen LogP contribution in [0.15, 0.2) is 48.5 Å². The molecule has 2 aromatic carbocycles. The molecule has 154 valence electrons. The van der Waals surface area contributed by atoms with Crippen molar-refractivity contribution < 1.29 is 23.9 Å². The Labute approximate surface area is 169 Å². The lowest BCUT2D eigenvalue weighted by Crippen LogP contribution is -2.48. The maximum atomic E-state index is 13.2. The molecule has 1 heterocycles. The number of carbonyl (C=O) groups excluding carboxylic acids is 2. The molecule has 2 aromatic rings. The van der Waals surface area contributed by atoms with E-state index in [0.29, 0.717) is 44.2 Å². The zero-order valence-electron chi connectivity index (χ0n) is 16.6. The Kier molecular flexibility index (Phi) is 7.04. The van der Waals surface area contributed by atoms with E-state index in [1.807, 2.05) is 36.4 Å². The van der Waals surface area contributed by atoms with Gasteiger partial charge in [-0.2, -0.15) is 0 Å². The molecule has 0 aromatic heterocycles. The Bertz CT molecular complexity index is 834. The van der Waals surface area contributed by atoms with Crippen molar-refractivity contribution in [2.24, 2.45) is 0 Å². The Balaban J connectivity index is 1.84. The summed E-state index contributed by atoms with van der Waals surface area (Å²) in [5.41, 5.74) is 4.39. The number of ether oxygens (including phenoxy) is 2. The Morgan fingerprint density at radius 3 is 2.48 bits per heavy atom. The molecule has 0 radical (unpaired) electrons. The molecule has 0 saturated carbocycles. The lowest BCUT2D eigenvalue weighted by molar-refractivity contribution is 0.0537. The van der Waals surface area contributed by atoms with Gasteiger partial charge >= 0.3 is 6.03 Å². The van der Waals surface area contributed by atoms with E-state index >= 15 is 0 Å². The number of hydroxylamine groups is 1. The predicted octanol–water partition coefficient (Wildman–Crippen LogP) is 2.45. The van der Waals surface area contributed by atoms with Crippen LogP contribution in [0.1, 0.15) is 15.9 Å². The highest BCUT2D eigenvalue weighted by Crippen LogP contribution is 2.24. The first kappa shape index (κ1) is 20.6. The number of nitrogens with one attached hydrogen (secondary N) is 1. The van der Waals surface area contributed by atoms with Crippen molar-refractivity contribution in [2.45, 2.75) is 6.54 Å². The van der Waals surface area contributed by atoms with E-state index in [4.69, 9.17) is 9.47 Å². The summed E-state index contributed by atoms with van der Waals surface area (Å²) in [4.78, 5) is 33.2. The number of hydrogen-bond acceptors (Lipinski definition) is 5. The van der Waals surface area contributed by atoms with Gasteiger partial charge < -0.3 is 14.4 Å². The Hall–Kier alpha value is -3.10. The lowest BCUT2D eigenvalue weighted by Gasteiger charge is -2.33. The summed E-state index contributed by atoms with van der Waals surface area (Å²) in [7, 11) is 2.98. The van der Waals surface area contributed by atoms with Gasteiger partial charge in [0.2, 0.25) is 0 Å². The predicted molar refractivity (Wildman–Crippen MR) is 108 cm³/mol. The van der Waals surface area contributed by atoms with Gasteiger partial charge in [-0.15, -0.1) is 0 Å². The van der Waals surface area contributed by atoms with Crippen molar-refractivity contribution in [3.63, 3.8) is 0 Å². The Morgan fingerprint density at radius 1 is 1.10 bits per heavy atom. The average molecular weight is 399 g/mol. The third-order valence-electron chi connectivity index (χ3n) is 4.63. The topological polar surface area (TPSA) is 80.3 Å². The molecule has 8 heteroatoms. The van der Waals surface area contributed by atoms with Crippen LogP contribution in [0.3, 0.4) is 0 Å². The van der Waals surface area contributed by atoms with Gasteiger partial charge in [0.15, 0.2) is 0 Å². The van der Waals surface area contributed by atoms with Crippen LogP contribution in [0.25, 0.3) is 0 Å². The van der Waals surface area contributed by atoms with E-state index in [-0.39, 0.29) is 11.9 Å². The second-order valence-corrected chi connectivity index (χ2v) is 6.50. The van der Waals surface area contributed by atoms with E-state index in [9.17, 15) is 9.59 Å². The molecule has 3 amide bonds. The van der Waals surface area contributed by atoms with Crippen molar-refractivity contribution >= 4 is 17.6 Å². The minimum atomic E-state index is -0.326. The minimum Gasteiger partial charge on any atom is -0.497 e. The van der Waals surface area contributed by atoms with Crippen molar-refractivity contribution in [3.8, 4) is 5.75 Å². The van der Waals surface area contributed by atoms with Gasteiger partial charge in [0, 0.05) is 30.4 Å². The van der Waals surface area contributed by atoms with Gasteiger partial charge in [-0.25, -0.2) is 10.3 Å². The largest absolute Gasteiger partial charge is 0.497 e. The van der Waals surface area contributed by atoms with Crippen LogP contribution in [0, 0.1) is 0 Å². The van der Waals surface area contributed by atoms with E-state index in [1.165, 1.54) is 7.11 Å². The van der Waals surface area contributed by atoms with Gasteiger partial charge in [-0.3, -0.25) is 14.5 Å². The quantitative estimate of drug-likeness (QED) is 0.755. The number of anilines is 1. The van der Waals surface area contributed by atoms with Crippen LogP contribution in [0.5, 0.6) is 5.75 Å². The molecule has 1 saturated heterocycles. The van der Waals surface area contributed by atoms with Gasteiger partial charge in [0.05, 0.1) is 34.0 Å².